The second-order valence-corrected chi connectivity index (χ2v) is 7.82. The van der Waals surface area contributed by atoms with Crippen LogP contribution in [0.5, 0.6) is 0 Å². The topological polar surface area (TPSA) is 12.0 Å². The van der Waals surface area contributed by atoms with Crippen LogP contribution in [0.2, 0.25) is 0 Å². The van der Waals surface area contributed by atoms with Crippen LogP contribution >= 0.6 is 0 Å². The van der Waals surface area contributed by atoms with Crippen molar-refractivity contribution in [1.82, 2.24) is 5.32 Å². The fraction of sp³-hybridized carbons (Fsp3) is 1.00. The molecule has 0 spiro atoms. The zero-order valence-electron chi connectivity index (χ0n) is 23.8. The maximum atomic E-state index is 3.19. The van der Waals surface area contributed by atoms with E-state index < -0.39 is 0 Å². The van der Waals surface area contributed by atoms with Crippen molar-refractivity contribution in [3.63, 3.8) is 0 Å². The van der Waals surface area contributed by atoms with Crippen molar-refractivity contribution in [1.29, 1.82) is 0 Å². The van der Waals surface area contributed by atoms with Gasteiger partial charge in [0, 0.05) is 0 Å². The van der Waals surface area contributed by atoms with Crippen molar-refractivity contribution < 1.29 is 0 Å². The van der Waals surface area contributed by atoms with Crippen molar-refractivity contribution >= 4 is 0 Å². The molecule has 0 unspecified atom stereocenters. The molecule has 0 fully saturated rings. The van der Waals surface area contributed by atoms with Crippen LogP contribution in [0.25, 0.3) is 0 Å². The lowest BCUT2D eigenvalue weighted by Gasteiger charge is -2.01. The molecule has 0 saturated heterocycles. The van der Waals surface area contributed by atoms with Gasteiger partial charge >= 0.3 is 0 Å². The molecule has 0 amide bonds. The smallest absolute Gasteiger partial charge is 0.00519 e. The Bertz CT molecular complexity index is 122. The summed E-state index contributed by atoms with van der Waals surface area (Å²) in [6.07, 6.45) is 20.6. The third-order valence-electron chi connectivity index (χ3n) is 2.78. The Balaban J connectivity index is -0.0000000719. The van der Waals surface area contributed by atoms with Gasteiger partial charge in [0.25, 0.3) is 0 Å². The van der Waals surface area contributed by atoms with E-state index in [9.17, 15) is 0 Å². The second-order valence-electron chi connectivity index (χ2n) is 7.82. The molecule has 29 heavy (non-hydrogen) atoms. The van der Waals surface area contributed by atoms with Crippen molar-refractivity contribution in [3.05, 3.63) is 0 Å². The zero-order valence-corrected chi connectivity index (χ0v) is 23.8. The first-order valence-electron chi connectivity index (χ1n) is 13.6. The first kappa shape index (κ1) is 42.9. The quantitative estimate of drug-likeness (QED) is 0.328. The summed E-state index contributed by atoms with van der Waals surface area (Å²) in [4.78, 5) is 0. The molecule has 0 aliphatic rings. The van der Waals surface area contributed by atoms with E-state index >= 15 is 0 Å². The maximum Gasteiger partial charge on any atom is -0.00519 e. The van der Waals surface area contributed by atoms with Crippen LogP contribution in [0, 0.1) is 0 Å². The van der Waals surface area contributed by atoms with Gasteiger partial charge in [-0.15, -0.1) is 0 Å². The van der Waals surface area contributed by atoms with Gasteiger partial charge in [0.2, 0.25) is 0 Å². The molecule has 0 saturated carbocycles. The highest BCUT2D eigenvalue weighted by Crippen LogP contribution is 2.09. The molecular weight excluding hydrogens is 350 g/mol. The summed E-state index contributed by atoms with van der Waals surface area (Å²) < 4.78 is 0. The highest BCUT2D eigenvalue weighted by atomic mass is 14.8. The minimum Gasteiger partial charge on any atom is -0.320 e. The van der Waals surface area contributed by atoms with Gasteiger partial charge < -0.3 is 5.32 Å². The Kier molecular flexibility index (Phi) is 105. The largest absolute Gasteiger partial charge is 0.320 e. The first-order valence-corrected chi connectivity index (χ1v) is 13.6. The van der Waals surface area contributed by atoms with Crippen LogP contribution in [0.15, 0.2) is 0 Å². The van der Waals surface area contributed by atoms with Crippen LogP contribution in [-0.2, 0) is 0 Å². The molecule has 0 bridgehead atoms. The molecule has 0 aliphatic heterocycles. The van der Waals surface area contributed by atoms with Crippen molar-refractivity contribution in [2.75, 3.05) is 13.6 Å². The number of hydrogen-bond acceptors (Lipinski definition) is 1. The van der Waals surface area contributed by atoms with Gasteiger partial charge in [-0.2, -0.15) is 0 Å². The highest BCUT2D eigenvalue weighted by molar-refractivity contribution is 4.48. The standard InChI is InChI=1S/C13H29N.5C3H8/c1-3-4-5-6-7-8-9-10-11-12-13-14-2;5*1-3-2/h14H,3-13H2,1-2H3;5*3H2,1-2H3. The molecule has 1 N–H and O–H groups in total. The average molecular weight is 420 g/mol. The van der Waals surface area contributed by atoms with Gasteiger partial charge in [-0.05, 0) is 20.0 Å². The molecule has 0 aromatic heterocycles. The van der Waals surface area contributed by atoms with Crippen LogP contribution in [-0.4, -0.2) is 13.6 Å². The molecule has 0 heterocycles. The first-order chi connectivity index (χ1) is 14.0. The Morgan fingerprint density at radius 2 is 0.552 bits per heavy atom. The van der Waals surface area contributed by atoms with Crippen LogP contribution in [0.3, 0.4) is 0 Å². The van der Waals surface area contributed by atoms with Gasteiger partial charge in [-0.25, -0.2) is 0 Å². The normalized spacial score (nSPS) is 8.28. The SMILES string of the molecule is CCC.CCC.CCC.CCC.CCC.CCCCCCCCCCCCNC. The molecule has 1 heteroatoms. The average Bonchev–Trinajstić information content (AvgIpc) is 2.67. The minimum atomic E-state index is 1.19. The van der Waals surface area contributed by atoms with E-state index in [4.69, 9.17) is 0 Å². The number of unbranched alkanes of at least 4 members (excludes halogenated alkanes) is 9. The van der Waals surface area contributed by atoms with Gasteiger partial charge in [-0.1, -0.05) is 166 Å². The number of nitrogens with one attached hydrogen (secondary N) is 1. The minimum absolute atomic E-state index is 1.19. The monoisotopic (exact) mass is 420 g/mol. The molecule has 1 nitrogen and oxygen atoms in total. The fourth-order valence-corrected chi connectivity index (χ4v) is 1.79. The van der Waals surface area contributed by atoms with Crippen molar-refractivity contribution in [2.45, 2.75) is 172 Å². The Morgan fingerprint density at radius 3 is 0.759 bits per heavy atom. The van der Waals surface area contributed by atoms with Gasteiger partial charge in [0.05, 0.1) is 0 Å². The summed E-state index contributed by atoms with van der Waals surface area (Å²) in [5.74, 6) is 0. The van der Waals surface area contributed by atoms with E-state index in [1.54, 1.807) is 0 Å². The summed E-state index contributed by atoms with van der Waals surface area (Å²) in [7, 11) is 2.04. The van der Waals surface area contributed by atoms with Crippen LogP contribution < -0.4 is 5.32 Å². The molecular formula is C28H69N. The fourth-order valence-electron chi connectivity index (χ4n) is 1.79. The Hall–Kier alpha value is -0.0400. The summed E-state index contributed by atoms with van der Waals surface area (Å²) in [5.41, 5.74) is 0. The van der Waals surface area contributed by atoms with Crippen LogP contribution in [0.4, 0.5) is 0 Å². The molecule has 0 aromatic rings. The van der Waals surface area contributed by atoms with E-state index in [2.05, 4.69) is 81.5 Å². The highest BCUT2D eigenvalue weighted by Gasteiger charge is 1.91. The van der Waals surface area contributed by atoms with E-state index in [0.717, 1.165) is 0 Å². The summed E-state index contributed by atoms with van der Waals surface area (Å²) in [5, 5.41) is 3.19. The Morgan fingerprint density at radius 1 is 0.345 bits per heavy atom. The van der Waals surface area contributed by atoms with Crippen LogP contribution in [0.1, 0.15) is 172 Å². The molecule has 0 aromatic carbocycles. The molecule has 186 valence electrons. The lowest BCUT2D eigenvalue weighted by molar-refractivity contribution is 0.551. The van der Waals surface area contributed by atoms with Gasteiger partial charge in [0.15, 0.2) is 0 Å². The molecule has 0 aliphatic carbocycles. The summed E-state index contributed by atoms with van der Waals surface area (Å²) in [6, 6.07) is 0. The van der Waals surface area contributed by atoms with E-state index in [0.29, 0.717) is 0 Å². The second kappa shape index (κ2) is 70.7. The molecule has 0 radical (unpaired) electrons. The number of rotatable bonds is 11. The zero-order chi connectivity index (χ0) is 24.0. The predicted octanol–water partition coefficient (Wildman–Crippen LogP) is 11.2. The predicted molar refractivity (Wildman–Crippen MR) is 146 cm³/mol. The summed E-state index contributed by atoms with van der Waals surface area (Å²) >= 11 is 0. The molecule has 0 rings (SSSR count). The van der Waals surface area contributed by atoms with Crippen molar-refractivity contribution in [2.24, 2.45) is 0 Å². The van der Waals surface area contributed by atoms with E-state index in [-0.39, 0.29) is 0 Å². The number of hydrogen-bond donors (Lipinski definition) is 1. The van der Waals surface area contributed by atoms with Crippen molar-refractivity contribution in [3.8, 4) is 0 Å². The van der Waals surface area contributed by atoms with Gasteiger partial charge in [0.1, 0.15) is 0 Å². The third kappa shape index (κ3) is 157. The summed E-state index contributed by atoms with van der Waals surface area (Å²) in [6.45, 7) is 24.7. The van der Waals surface area contributed by atoms with Gasteiger partial charge in [-0.3, -0.25) is 0 Å². The Labute approximate surface area is 191 Å². The van der Waals surface area contributed by atoms with E-state index in [1.165, 1.54) is 103 Å². The maximum absolute atomic E-state index is 3.19. The lowest BCUT2D eigenvalue weighted by Crippen LogP contribution is -2.06. The third-order valence-corrected chi connectivity index (χ3v) is 2.78. The lowest BCUT2D eigenvalue weighted by atomic mass is 10.1. The van der Waals surface area contributed by atoms with E-state index in [1.807, 2.05) is 7.05 Å². The molecule has 0 atom stereocenters.